The Balaban J connectivity index is 3.37. The number of rotatable bonds is 49. The van der Waals surface area contributed by atoms with Gasteiger partial charge in [-0.15, -0.1) is 0 Å². The molecule has 0 amide bonds. The van der Waals surface area contributed by atoms with Crippen molar-refractivity contribution in [3.63, 3.8) is 0 Å². The topological polar surface area (TPSA) is 72.8 Å². The lowest BCUT2D eigenvalue weighted by Gasteiger charge is -2.15. The van der Waals surface area contributed by atoms with E-state index >= 15 is 0 Å². The molecular weight excluding hydrogens is 765 g/mol. The first-order chi connectivity index (χ1) is 30.6. The molecular formula is C57H102O5. The minimum absolute atomic E-state index is 0.0612. The van der Waals surface area contributed by atoms with Gasteiger partial charge in [0.15, 0.2) is 6.10 Å². The van der Waals surface area contributed by atoms with E-state index in [-0.39, 0.29) is 25.2 Å². The lowest BCUT2D eigenvalue weighted by Crippen LogP contribution is -2.28. The first-order valence-corrected chi connectivity index (χ1v) is 26.8. The molecule has 62 heavy (non-hydrogen) atoms. The third-order valence-electron chi connectivity index (χ3n) is 11.8. The molecule has 0 rings (SSSR count). The second-order valence-electron chi connectivity index (χ2n) is 17.9. The van der Waals surface area contributed by atoms with E-state index in [9.17, 15) is 14.7 Å². The molecule has 0 radical (unpaired) electrons. The van der Waals surface area contributed by atoms with Gasteiger partial charge in [0.05, 0.1) is 6.61 Å². The number of allylic oxidation sites excluding steroid dienone is 10. The molecule has 5 heteroatoms. The third kappa shape index (κ3) is 50.2. The molecule has 1 unspecified atom stereocenters. The first kappa shape index (κ1) is 59.6. The summed E-state index contributed by atoms with van der Waals surface area (Å²) in [7, 11) is 0. The van der Waals surface area contributed by atoms with Crippen LogP contribution in [0.5, 0.6) is 0 Å². The Morgan fingerprint density at radius 3 is 1.05 bits per heavy atom. The lowest BCUT2D eigenvalue weighted by molar-refractivity contribution is -0.161. The normalized spacial score (nSPS) is 12.6. The van der Waals surface area contributed by atoms with E-state index in [0.29, 0.717) is 12.8 Å². The summed E-state index contributed by atoms with van der Waals surface area (Å²) < 4.78 is 10.6. The van der Waals surface area contributed by atoms with Gasteiger partial charge >= 0.3 is 11.9 Å². The SMILES string of the molecule is CC/C=C\C/C=C\C/C=C\C/C=C\C/C=C\CCCCCCCCCCCCCCCCCCCCCCCCCC(=O)OC(CO)COC(=O)CCCCCCCCCCC. The number of unbranched alkanes of at least 4 members (excludes halogenated alkanes) is 31. The van der Waals surface area contributed by atoms with Crippen molar-refractivity contribution in [2.45, 2.75) is 277 Å². The second kappa shape index (κ2) is 52.9. The van der Waals surface area contributed by atoms with Crippen molar-refractivity contribution in [2.75, 3.05) is 13.2 Å². The van der Waals surface area contributed by atoms with Crippen LogP contribution in [0.2, 0.25) is 0 Å². The van der Waals surface area contributed by atoms with Crippen molar-refractivity contribution in [3.8, 4) is 0 Å². The van der Waals surface area contributed by atoms with Crippen LogP contribution < -0.4 is 0 Å². The smallest absolute Gasteiger partial charge is 0.306 e. The van der Waals surface area contributed by atoms with Crippen LogP contribution in [-0.4, -0.2) is 36.4 Å². The van der Waals surface area contributed by atoms with E-state index < -0.39 is 6.10 Å². The standard InChI is InChI=1S/C57H102O5/c1-3-5-7-9-11-13-14-15-16-17-18-19-20-21-22-23-24-25-26-27-28-29-30-31-32-33-34-35-36-37-38-39-40-41-42-44-46-48-50-52-57(60)62-55(53-58)54-61-56(59)51-49-47-45-43-12-10-8-6-4-2/h5,7,11,13,15-16,18-19,21-22,55,58H,3-4,6,8-10,12,14,17,20,23-54H2,1-2H3/b7-5-,13-11-,16-15-,19-18-,22-21-. The number of aliphatic hydroxyl groups excluding tert-OH is 1. The zero-order chi connectivity index (χ0) is 44.9. The van der Waals surface area contributed by atoms with E-state index in [0.717, 1.165) is 70.6 Å². The van der Waals surface area contributed by atoms with Gasteiger partial charge in [-0.25, -0.2) is 0 Å². The fraction of sp³-hybridized carbons (Fsp3) is 0.789. The van der Waals surface area contributed by atoms with Gasteiger partial charge in [0.25, 0.3) is 0 Å². The quantitative estimate of drug-likeness (QED) is 0.0375. The van der Waals surface area contributed by atoms with Crippen molar-refractivity contribution < 1.29 is 24.2 Å². The van der Waals surface area contributed by atoms with Crippen LogP contribution in [0.1, 0.15) is 271 Å². The van der Waals surface area contributed by atoms with Crippen LogP contribution in [0, 0.1) is 0 Å². The maximum atomic E-state index is 12.2. The van der Waals surface area contributed by atoms with Crippen molar-refractivity contribution in [1.29, 1.82) is 0 Å². The highest BCUT2D eigenvalue weighted by molar-refractivity contribution is 5.70. The van der Waals surface area contributed by atoms with Crippen LogP contribution >= 0.6 is 0 Å². The van der Waals surface area contributed by atoms with Gasteiger partial charge in [0, 0.05) is 12.8 Å². The minimum Gasteiger partial charge on any atom is -0.462 e. The Labute approximate surface area is 385 Å². The Morgan fingerprint density at radius 2 is 0.694 bits per heavy atom. The minimum atomic E-state index is -0.766. The number of carbonyl (C=O) groups excluding carboxylic acids is 2. The van der Waals surface area contributed by atoms with Crippen molar-refractivity contribution >= 4 is 11.9 Å². The fourth-order valence-electron chi connectivity index (χ4n) is 7.82. The van der Waals surface area contributed by atoms with Gasteiger partial charge in [0.2, 0.25) is 0 Å². The number of ether oxygens (including phenoxy) is 2. The zero-order valence-electron chi connectivity index (χ0n) is 41.1. The van der Waals surface area contributed by atoms with Crippen LogP contribution in [-0.2, 0) is 19.1 Å². The molecule has 0 heterocycles. The van der Waals surface area contributed by atoms with Gasteiger partial charge in [-0.1, -0.05) is 261 Å². The maximum absolute atomic E-state index is 12.2. The molecule has 0 spiro atoms. The molecule has 0 aromatic rings. The molecule has 0 aromatic heterocycles. The summed E-state index contributed by atoms with van der Waals surface area (Å²) in [6.07, 6.45) is 70.8. The van der Waals surface area contributed by atoms with E-state index in [1.165, 1.54) is 173 Å². The Hall–Kier alpha value is -2.40. The highest BCUT2D eigenvalue weighted by atomic mass is 16.6. The number of esters is 2. The first-order valence-electron chi connectivity index (χ1n) is 26.8. The van der Waals surface area contributed by atoms with E-state index in [1.807, 2.05) is 0 Å². The summed E-state index contributed by atoms with van der Waals surface area (Å²) in [6, 6.07) is 0. The summed E-state index contributed by atoms with van der Waals surface area (Å²) >= 11 is 0. The number of hydrogen-bond donors (Lipinski definition) is 1. The van der Waals surface area contributed by atoms with Crippen LogP contribution in [0.15, 0.2) is 60.8 Å². The molecule has 0 bridgehead atoms. The molecule has 0 aliphatic carbocycles. The maximum Gasteiger partial charge on any atom is 0.306 e. The average Bonchev–Trinajstić information content (AvgIpc) is 3.28. The van der Waals surface area contributed by atoms with E-state index in [1.54, 1.807) is 0 Å². The van der Waals surface area contributed by atoms with Crippen LogP contribution in [0.4, 0.5) is 0 Å². The van der Waals surface area contributed by atoms with Crippen molar-refractivity contribution in [3.05, 3.63) is 60.8 Å². The highest BCUT2D eigenvalue weighted by Crippen LogP contribution is 2.17. The Morgan fingerprint density at radius 1 is 0.387 bits per heavy atom. The third-order valence-corrected chi connectivity index (χ3v) is 11.8. The van der Waals surface area contributed by atoms with Crippen LogP contribution in [0.3, 0.4) is 0 Å². The van der Waals surface area contributed by atoms with E-state index in [4.69, 9.17) is 9.47 Å². The molecule has 0 fully saturated rings. The van der Waals surface area contributed by atoms with Crippen LogP contribution in [0.25, 0.3) is 0 Å². The Kier molecular flexibility index (Phi) is 50.9. The van der Waals surface area contributed by atoms with Gasteiger partial charge < -0.3 is 14.6 Å². The summed E-state index contributed by atoms with van der Waals surface area (Å²) in [4.78, 5) is 24.3. The number of carbonyl (C=O) groups is 2. The van der Waals surface area contributed by atoms with Gasteiger partial charge in [-0.3, -0.25) is 9.59 Å². The highest BCUT2D eigenvalue weighted by Gasteiger charge is 2.16. The summed E-state index contributed by atoms with van der Waals surface area (Å²) in [6.45, 7) is 4.02. The predicted molar refractivity (Wildman–Crippen MR) is 270 cm³/mol. The monoisotopic (exact) mass is 867 g/mol. The lowest BCUT2D eigenvalue weighted by atomic mass is 10.0. The van der Waals surface area contributed by atoms with Crippen molar-refractivity contribution in [1.82, 2.24) is 0 Å². The molecule has 0 saturated carbocycles. The molecule has 1 N–H and O–H groups in total. The largest absolute Gasteiger partial charge is 0.462 e. The Bertz CT molecular complexity index is 1070. The zero-order valence-corrected chi connectivity index (χ0v) is 41.1. The molecule has 360 valence electrons. The fourth-order valence-corrected chi connectivity index (χ4v) is 7.82. The molecule has 0 saturated heterocycles. The summed E-state index contributed by atoms with van der Waals surface area (Å²) in [5, 5.41) is 9.57. The summed E-state index contributed by atoms with van der Waals surface area (Å²) in [5.74, 6) is -0.582. The molecule has 5 nitrogen and oxygen atoms in total. The second-order valence-corrected chi connectivity index (χ2v) is 17.9. The molecule has 0 aliphatic heterocycles. The van der Waals surface area contributed by atoms with Crippen molar-refractivity contribution in [2.24, 2.45) is 0 Å². The average molecular weight is 867 g/mol. The van der Waals surface area contributed by atoms with Gasteiger partial charge in [-0.05, 0) is 57.8 Å². The van der Waals surface area contributed by atoms with Gasteiger partial charge in [-0.2, -0.15) is 0 Å². The molecule has 0 aliphatic rings. The number of aliphatic hydroxyl groups is 1. The molecule has 0 aromatic carbocycles. The van der Waals surface area contributed by atoms with Gasteiger partial charge in [0.1, 0.15) is 6.61 Å². The van der Waals surface area contributed by atoms with E-state index in [2.05, 4.69) is 74.6 Å². The summed E-state index contributed by atoms with van der Waals surface area (Å²) in [5.41, 5.74) is 0. The molecule has 1 atom stereocenters. The number of hydrogen-bond acceptors (Lipinski definition) is 5. The predicted octanol–water partition coefficient (Wildman–Crippen LogP) is 17.9.